The first-order chi connectivity index (χ1) is 20.7. The molecule has 15 heteroatoms. The van der Waals surface area contributed by atoms with Crippen molar-refractivity contribution in [2.75, 3.05) is 18.8 Å². The van der Waals surface area contributed by atoms with Crippen LogP contribution in [0.5, 0.6) is 5.75 Å². The second kappa shape index (κ2) is 12.4. The molecule has 1 aromatic carbocycles. The zero-order chi connectivity index (χ0) is 30.2. The first-order valence-corrected chi connectivity index (χ1v) is 15.5. The average Bonchev–Trinajstić information content (AvgIpc) is 3.62. The number of aliphatic hydroxyl groups excluding tert-OH is 2. The van der Waals surface area contributed by atoms with Crippen LogP contribution in [0, 0.1) is 17.8 Å². The van der Waals surface area contributed by atoms with Gasteiger partial charge in [0.15, 0.2) is 23.8 Å². The van der Waals surface area contributed by atoms with E-state index in [-0.39, 0.29) is 40.9 Å². The molecule has 13 nitrogen and oxygen atoms in total. The largest absolute Gasteiger partial charge is 0.415 e. The molecule has 2 amide bonds. The van der Waals surface area contributed by atoms with Crippen molar-refractivity contribution < 1.29 is 29.3 Å². The van der Waals surface area contributed by atoms with E-state index in [1.54, 1.807) is 11.0 Å². The molecule has 0 bridgehead atoms. The van der Waals surface area contributed by atoms with Crippen LogP contribution < -0.4 is 15.8 Å². The quantitative estimate of drug-likeness (QED) is 0.287. The molecule has 0 radical (unpaired) electrons. The first-order valence-electron chi connectivity index (χ1n) is 13.9. The van der Waals surface area contributed by atoms with E-state index in [1.807, 2.05) is 12.1 Å². The van der Waals surface area contributed by atoms with Gasteiger partial charge in [0, 0.05) is 30.0 Å². The Hall–Kier alpha value is -3.29. The summed E-state index contributed by atoms with van der Waals surface area (Å²) in [4.78, 5) is 39.8. The van der Waals surface area contributed by atoms with Crippen molar-refractivity contribution in [2.45, 2.75) is 62.7 Å². The highest BCUT2D eigenvalue weighted by Crippen LogP contribution is 2.33. The highest BCUT2D eigenvalue weighted by atomic mass is 79.9. The summed E-state index contributed by atoms with van der Waals surface area (Å²) in [6.07, 6.45) is -0.270. The number of nitrogens with zero attached hydrogens (tertiary/aromatic N) is 5. The summed E-state index contributed by atoms with van der Waals surface area (Å²) in [6.45, 7) is 1.12. The summed E-state index contributed by atoms with van der Waals surface area (Å²) in [5.41, 5.74) is 6.68. The summed E-state index contributed by atoms with van der Waals surface area (Å²) >= 11 is 6.79. The fourth-order valence-electron chi connectivity index (χ4n) is 5.11. The molecule has 3 aliphatic rings. The van der Waals surface area contributed by atoms with E-state index < -0.39 is 30.4 Å². The monoisotopic (exact) mass is 717 g/mol. The SMILES string of the molecule is Nc1nc(C#CCC2CCN(C(=O)Oc3ccc(Br)cc3Br)CC2)nc2c1ncn2[C@@H]1O[C@H](C(=O)NC2CC2)C(O)C1O. The number of imidazole rings is 1. The van der Waals surface area contributed by atoms with Crippen LogP contribution in [0.3, 0.4) is 0 Å². The highest BCUT2D eigenvalue weighted by Gasteiger charge is 2.48. The smallest absolute Gasteiger partial charge is 0.409 e. The van der Waals surface area contributed by atoms with Crippen LogP contribution in [0.15, 0.2) is 33.5 Å². The Morgan fingerprint density at radius 1 is 1.14 bits per heavy atom. The summed E-state index contributed by atoms with van der Waals surface area (Å²) in [5.74, 6) is 6.63. The van der Waals surface area contributed by atoms with Crippen molar-refractivity contribution in [1.29, 1.82) is 0 Å². The van der Waals surface area contributed by atoms with Crippen LogP contribution in [0.4, 0.5) is 10.6 Å². The number of carbonyl (C=O) groups is 2. The molecule has 2 aromatic heterocycles. The number of nitrogen functional groups attached to an aromatic ring is 1. The van der Waals surface area contributed by atoms with Gasteiger partial charge < -0.3 is 35.6 Å². The van der Waals surface area contributed by atoms with Gasteiger partial charge in [-0.05, 0) is 71.7 Å². The molecular formula is C28H29Br2N7O6. The maximum atomic E-state index is 12.6. The third-order valence-corrected chi connectivity index (χ3v) is 8.81. The number of nitrogens with two attached hydrogens (primary N) is 1. The van der Waals surface area contributed by atoms with Crippen molar-refractivity contribution in [3.8, 4) is 17.6 Å². The fourth-order valence-corrected chi connectivity index (χ4v) is 6.24. The second-order valence-electron chi connectivity index (χ2n) is 10.8. The van der Waals surface area contributed by atoms with Crippen molar-refractivity contribution in [3.63, 3.8) is 0 Å². The van der Waals surface area contributed by atoms with Gasteiger partial charge >= 0.3 is 6.09 Å². The molecule has 43 heavy (non-hydrogen) atoms. The topological polar surface area (TPSA) is 178 Å². The Balaban J connectivity index is 1.08. The number of fused-ring (bicyclic) bond motifs is 1. The molecule has 1 aliphatic carbocycles. The number of halogens is 2. The number of piperidine rings is 1. The van der Waals surface area contributed by atoms with Gasteiger partial charge in [0.25, 0.3) is 5.91 Å². The molecular weight excluding hydrogens is 690 g/mol. The minimum atomic E-state index is -1.42. The molecule has 4 heterocycles. The van der Waals surface area contributed by atoms with Crippen LogP contribution in [0.25, 0.3) is 11.2 Å². The lowest BCUT2D eigenvalue weighted by molar-refractivity contribution is -0.137. The van der Waals surface area contributed by atoms with Crippen LogP contribution in [-0.2, 0) is 9.53 Å². The Morgan fingerprint density at radius 3 is 2.63 bits per heavy atom. The normalized spacial score (nSPS) is 24.0. The fraction of sp³-hybridized carbons (Fsp3) is 0.464. The summed E-state index contributed by atoms with van der Waals surface area (Å²) < 4.78 is 14.3. The Kier molecular flexibility index (Phi) is 8.56. The zero-order valence-electron chi connectivity index (χ0n) is 22.8. The van der Waals surface area contributed by atoms with Gasteiger partial charge in [-0.3, -0.25) is 9.36 Å². The van der Waals surface area contributed by atoms with Crippen molar-refractivity contribution in [1.82, 2.24) is 29.7 Å². The van der Waals surface area contributed by atoms with E-state index >= 15 is 0 Å². The minimum Gasteiger partial charge on any atom is -0.409 e. The number of carbonyl (C=O) groups excluding carboxylic acids is 2. The average molecular weight is 719 g/mol. The predicted octanol–water partition coefficient (Wildman–Crippen LogP) is 2.48. The van der Waals surface area contributed by atoms with Gasteiger partial charge in [0.05, 0.1) is 10.8 Å². The van der Waals surface area contributed by atoms with Gasteiger partial charge in [-0.2, -0.15) is 0 Å². The second-order valence-corrected chi connectivity index (χ2v) is 12.6. The van der Waals surface area contributed by atoms with Crippen LogP contribution in [0.1, 0.15) is 44.2 Å². The van der Waals surface area contributed by atoms with Crippen molar-refractivity contribution in [3.05, 3.63) is 39.3 Å². The summed E-state index contributed by atoms with van der Waals surface area (Å²) in [7, 11) is 0. The predicted molar refractivity (Wildman–Crippen MR) is 160 cm³/mol. The molecule has 2 aliphatic heterocycles. The Labute approximate surface area is 263 Å². The maximum Gasteiger partial charge on any atom is 0.415 e. The number of likely N-dealkylation sites (tertiary alicyclic amines) is 1. The highest BCUT2D eigenvalue weighted by molar-refractivity contribution is 9.11. The molecule has 3 fully saturated rings. The number of aliphatic hydroxyl groups is 2. The number of ether oxygens (including phenoxy) is 2. The molecule has 5 N–H and O–H groups in total. The molecule has 2 saturated heterocycles. The zero-order valence-corrected chi connectivity index (χ0v) is 26.0. The van der Waals surface area contributed by atoms with Crippen LogP contribution in [-0.4, -0.2) is 84.1 Å². The number of hydrogen-bond acceptors (Lipinski definition) is 10. The Bertz CT molecular complexity index is 1610. The Morgan fingerprint density at radius 2 is 1.91 bits per heavy atom. The summed E-state index contributed by atoms with van der Waals surface area (Å²) in [5, 5.41) is 24.0. The molecule has 226 valence electrons. The van der Waals surface area contributed by atoms with Gasteiger partial charge in [-0.15, -0.1) is 0 Å². The van der Waals surface area contributed by atoms with E-state index in [1.165, 1.54) is 10.9 Å². The molecule has 6 rings (SSSR count). The number of benzene rings is 1. The maximum absolute atomic E-state index is 12.6. The number of nitrogens with one attached hydrogen (secondary N) is 1. The van der Waals surface area contributed by atoms with E-state index in [2.05, 4.69) is 64.0 Å². The number of aromatic nitrogens is 4. The lowest BCUT2D eigenvalue weighted by atomic mass is 9.94. The van der Waals surface area contributed by atoms with E-state index in [0.29, 0.717) is 29.7 Å². The third kappa shape index (κ3) is 6.48. The van der Waals surface area contributed by atoms with E-state index in [9.17, 15) is 19.8 Å². The molecule has 4 atom stereocenters. The van der Waals surface area contributed by atoms with Crippen molar-refractivity contribution >= 4 is 60.8 Å². The first kappa shape index (κ1) is 29.8. The number of rotatable bonds is 5. The number of hydrogen-bond donors (Lipinski definition) is 4. The van der Waals surface area contributed by atoms with E-state index in [0.717, 1.165) is 30.2 Å². The lowest BCUT2D eigenvalue weighted by Gasteiger charge is -2.30. The van der Waals surface area contributed by atoms with Crippen molar-refractivity contribution in [2.24, 2.45) is 5.92 Å². The molecule has 3 aromatic rings. The standard InChI is InChI=1S/C28H29Br2N7O6/c29-15-4-7-18(17(30)12-15)42-28(41)36-10-8-14(9-11-36)2-1-3-19-34-24(31)20-25(35-19)37(13-32-20)27-22(39)21(38)23(43-27)26(40)33-16-5-6-16/h4,7,12-14,16,21-23,27,38-39H,2,5-6,8-11H2,(H,33,40)(H2,31,34,35)/t21?,22?,23-,27+/m0/s1. The molecule has 1 saturated carbocycles. The van der Waals surface area contributed by atoms with Gasteiger partial charge in [0.1, 0.15) is 23.5 Å². The van der Waals surface area contributed by atoms with Gasteiger partial charge in [0.2, 0.25) is 5.82 Å². The number of anilines is 1. The molecule has 2 unspecified atom stereocenters. The molecule has 0 spiro atoms. The van der Waals surface area contributed by atoms with Gasteiger partial charge in [-0.1, -0.05) is 21.9 Å². The van der Waals surface area contributed by atoms with Crippen LogP contribution in [0.2, 0.25) is 0 Å². The van der Waals surface area contributed by atoms with E-state index in [4.69, 9.17) is 15.2 Å². The summed E-state index contributed by atoms with van der Waals surface area (Å²) in [6, 6.07) is 5.43. The van der Waals surface area contributed by atoms with Gasteiger partial charge in [-0.25, -0.2) is 19.7 Å². The number of amides is 2. The minimum absolute atomic E-state index is 0.0802. The third-order valence-electron chi connectivity index (χ3n) is 7.70. The lowest BCUT2D eigenvalue weighted by Crippen LogP contribution is -2.43. The van der Waals surface area contributed by atoms with Crippen LogP contribution >= 0.6 is 31.9 Å².